The van der Waals surface area contributed by atoms with Crippen molar-refractivity contribution in [2.24, 2.45) is 5.41 Å². The minimum Gasteiger partial charge on any atom is -0.489 e. The summed E-state index contributed by atoms with van der Waals surface area (Å²) in [6, 6.07) is 9.36. The minimum absolute atomic E-state index is 0.0848. The summed E-state index contributed by atoms with van der Waals surface area (Å²) in [7, 11) is 0. The number of hydrogen-bond acceptors (Lipinski definition) is 4. The van der Waals surface area contributed by atoms with Gasteiger partial charge in [0, 0.05) is 24.4 Å². The zero-order valence-corrected chi connectivity index (χ0v) is 14.1. The first kappa shape index (κ1) is 17.6. The third-order valence-corrected chi connectivity index (χ3v) is 4.76. The number of ether oxygens (including phenoxy) is 2. The lowest BCUT2D eigenvalue weighted by atomic mass is 9.74. The fraction of sp³-hybridized carbons (Fsp3) is 0.474. The first-order valence-corrected chi connectivity index (χ1v) is 8.41. The predicted octanol–water partition coefficient (Wildman–Crippen LogP) is 4.37. The maximum absolute atomic E-state index is 13.3. The zero-order chi connectivity index (χ0) is 17.9. The molecule has 0 N–H and O–H groups in total. The number of rotatable bonds is 5. The number of carbonyl (C=O) groups excluding carboxylic acids is 1. The Kier molecular flexibility index (Phi) is 4.88. The Hall–Kier alpha value is -2.24. The van der Waals surface area contributed by atoms with Gasteiger partial charge in [-0.2, -0.15) is 0 Å². The molecule has 1 saturated carbocycles. The molecule has 0 spiro atoms. The molecule has 0 saturated heterocycles. The Morgan fingerprint density at radius 3 is 2.60 bits per heavy atom. The Morgan fingerprint density at radius 1 is 1.12 bits per heavy atom. The molecule has 3 rings (SSSR count). The summed E-state index contributed by atoms with van der Waals surface area (Å²) in [5, 5.41) is 0.887. The van der Waals surface area contributed by atoms with Crippen molar-refractivity contribution < 1.29 is 23.0 Å². The summed E-state index contributed by atoms with van der Waals surface area (Å²) < 4.78 is 37.5. The van der Waals surface area contributed by atoms with Crippen LogP contribution in [0.25, 0.3) is 10.9 Å². The van der Waals surface area contributed by atoms with Gasteiger partial charge in [-0.05, 0) is 38.0 Å². The van der Waals surface area contributed by atoms with Crippen LogP contribution in [-0.2, 0) is 9.53 Å². The van der Waals surface area contributed by atoms with Gasteiger partial charge in [0.05, 0.1) is 10.9 Å². The van der Waals surface area contributed by atoms with Gasteiger partial charge in [-0.15, -0.1) is 0 Å². The molecule has 0 radical (unpaired) electrons. The maximum atomic E-state index is 13.3. The highest BCUT2D eigenvalue weighted by Crippen LogP contribution is 2.44. The molecule has 25 heavy (non-hydrogen) atoms. The van der Waals surface area contributed by atoms with Crippen LogP contribution in [0.4, 0.5) is 8.78 Å². The van der Waals surface area contributed by atoms with Gasteiger partial charge in [-0.1, -0.05) is 12.1 Å². The number of hydrogen-bond donors (Lipinski definition) is 0. The molecule has 1 aliphatic rings. The molecule has 1 aliphatic carbocycles. The molecular weight excluding hydrogens is 328 g/mol. The van der Waals surface area contributed by atoms with Crippen molar-refractivity contribution in [2.75, 3.05) is 13.2 Å². The standard InChI is InChI=1S/C19H21F2NO3/c1-18(7-9-19(20,21)10-8-18)17(23)25-13-12-24-16-6-11-22-15-5-3-2-4-14(15)16/h2-6,11H,7-10,12-13H2,1H3. The quantitative estimate of drug-likeness (QED) is 0.594. The molecule has 1 heterocycles. The number of alkyl halides is 2. The van der Waals surface area contributed by atoms with Crippen molar-refractivity contribution in [3.8, 4) is 5.75 Å². The number of para-hydroxylation sites is 1. The topological polar surface area (TPSA) is 48.4 Å². The lowest BCUT2D eigenvalue weighted by Gasteiger charge is -2.35. The van der Waals surface area contributed by atoms with Crippen molar-refractivity contribution in [1.82, 2.24) is 4.98 Å². The van der Waals surface area contributed by atoms with Crippen LogP contribution in [0.5, 0.6) is 5.75 Å². The summed E-state index contributed by atoms with van der Waals surface area (Å²) in [5.74, 6) is -2.41. The Balaban J connectivity index is 1.50. The zero-order valence-electron chi connectivity index (χ0n) is 14.1. The molecule has 0 atom stereocenters. The molecule has 1 aromatic carbocycles. The number of benzene rings is 1. The molecule has 0 bridgehead atoms. The summed E-state index contributed by atoms with van der Waals surface area (Å²) in [5.41, 5.74) is -0.00181. The van der Waals surface area contributed by atoms with E-state index < -0.39 is 17.3 Å². The molecule has 4 nitrogen and oxygen atoms in total. The van der Waals surface area contributed by atoms with Gasteiger partial charge in [0.25, 0.3) is 0 Å². The van der Waals surface area contributed by atoms with E-state index in [0.717, 1.165) is 10.9 Å². The third kappa shape index (κ3) is 4.06. The number of pyridine rings is 1. The molecular formula is C19H21F2NO3. The molecule has 1 aromatic heterocycles. The monoisotopic (exact) mass is 349 g/mol. The van der Waals surface area contributed by atoms with Crippen LogP contribution in [0.2, 0.25) is 0 Å². The number of fused-ring (bicyclic) bond motifs is 1. The van der Waals surface area contributed by atoms with E-state index in [1.165, 1.54) is 0 Å². The largest absolute Gasteiger partial charge is 0.489 e. The van der Waals surface area contributed by atoms with Crippen LogP contribution < -0.4 is 4.74 Å². The van der Waals surface area contributed by atoms with Crippen molar-refractivity contribution in [3.05, 3.63) is 36.5 Å². The first-order chi connectivity index (χ1) is 11.9. The van der Waals surface area contributed by atoms with Crippen LogP contribution in [0.3, 0.4) is 0 Å². The summed E-state index contributed by atoms with van der Waals surface area (Å²) in [6.07, 6.45) is 1.42. The van der Waals surface area contributed by atoms with Gasteiger partial charge in [-0.25, -0.2) is 8.78 Å². The SMILES string of the molecule is CC1(C(=O)OCCOc2ccnc3ccccc23)CCC(F)(F)CC1. The summed E-state index contributed by atoms with van der Waals surface area (Å²) in [6.45, 7) is 1.98. The van der Waals surface area contributed by atoms with Gasteiger partial charge >= 0.3 is 5.97 Å². The highest BCUT2D eigenvalue weighted by molar-refractivity contribution is 5.84. The van der Waals surface area contributed by atoms with E-state index in [1.807, 2.05) is 24.3 Å². The van der Waals surface area contributed by atoms with E-state index in [-0.39, 0.29) is 38.9 Å². The van der Waals surface area contributed by atoms with E-state index in [4.69, 9.17) is 9.47 Å². The van der Waals surface area contributed by atoms with Gasteiger partial charge in [0.2, 0.25) is 5.92 Å². The van der Waals surface area contributed by atoms with E-state index in [1.54, 1.807) is 19.2 Å². The van der Waals surface area contributed by atoms with Crippen LogP contribution in [0.1, 0.15) is 32.6 Å². The number of esters is 1. The lowest BCUT2D eigenvalue weighted by Crippen LogP contribution is -2.38. The maximum Gasteiger partial charge on any atom is 0.311 e. The molecule has 2 aromatic rings. The fourth-order valence-electron chi connectivity index (χ4n) is 3.03. The minimum atomic E-state index is -2.66. The van der Waals surface area contributed by atoms with Gasteiger partial charge < -0.3 is 9.47 Å². The fourth-order valence-corrected chi connectivity index (χ4v) is 3.03. The number of carbonyl (C=O) groups is 1. The van der Waals surface area contributed by atoms with Gasteiger partial charge in [0.1, 0.15) is 19.0 Å². The highest BCUT2D eigenvalue weighted by atomic mass is 19.3. The van der Waals surface area contributed by atoms with E-state index >= 15 is 0 Å². The summed E-state index contributed by atoms with van der Waals surface area (Å²) in [4.78, 5) is 16.5. The van der Waals surface area contributed by atoms with Crippen molar-refractivity contribution >= 4 is 16.9 Å². The molecule has 6 heteroatoms. The average Bonchev–Trinajstić information content (AvgIpc) is 2.61. The number of nitrogens with zero attached hydrogens (tertiary/aromatic N) is 1. The predicted molar refractivity (Wildman–Crippen MR) is 89.7 cm³/mol. The highest BCUT2D eigenvalue weighted by Gasteiger charge is 2.45. The van der Waals surface area contributed by atoms with Crippen LogP contribution in [-0.4, -0.2) is 30.1 Å². The second-order valence-corrected chi connectivity index (χ2v) is 6.73. The van der Waals surface area contributed by atoms with E-state index in [0.29, 0.717) is 5.75 Å². The van der Waals surface area contributed by atoms with E-state index in [2.05, 4.69) is 4.98 Å². The first-order valence-electron chi connectivity index (χ1n) is 8.41. The van der Waals surface area contributed by atoms with Crippen LogP contribution in [0, 0.1) is 5.41 Å². The Labute approximate surface area is 145 Å². The Bertz CT molecular complexity index is 748. The van der Waals surface area contributed by atoms with Crippen molar-refractivity contribution in [2.45, 2.75) is 38.5 Å². The van der Waals surface area contributed by atoms with Crippen molar-refractivity contribution in [3.63, 3.8) is 0 Å². The van der Waals surface area contributed by atoms with Crippen LogP contribution in [0.15, 0.2) is 36.5 Å². The van der Waals surface area contributed by atoms with Gasteiger partial charge in [0.15, 0.2) is 0 Å². The molecule has 134 valence electrons. The smallest absolute Gasteiger partial charge is 0.311 e. The number of aromatic nitrogens is 1. The third-order valence-electron chi connectivity index (χ3n) is 4.76. The van der Waals surface area contributed by atoms with Crippen molar-refractivity contribution in [1.29, 1.82) is 0 Å². The molecule has 0 unspecified atom stereocenters. The van der Waals surface area contributed by atoms with Crippen LogP contribution >= 0.6 is 0 Å². The Morgan fingerprint density at radius 2 is 1.84 bits per heavy atom. The molecule has 0 aliphatic heterocycles. The lowest BCUT2D eigenvalue weighted by molar-refractivity contribution is -0.162. The van der Waals surface area contributed by atoms with Gasteiger partial charge in [-0.3, -0.25) is 9.78 Å². The molecule has 0 amide bonds. The second kappa shape index (κ2) is 6.94. The second-order valence-electron chi connectivity index (χ2n) is 6.73. The summed E-state index contributed by atoms with van der Waals surface area (Å²) >= 11 is 0. The normalized spacial score (nSPS) is 18.7. The number of halogens is 2. The molecule has 1 fully saturated rings. The average molecular weight is 349 g/mol. The van der Waals surface area contributed by atoms with E-state index in [9.17, 15) is 13.6 Å².